The zero-order valence-corrected chi connectivity index (χ0v) is 26.8. The Bertz CT molecular complexity index is 1680. The van der Waals surface area contributed by atoms with Gasteiger partial charge in [0.15, 0.2) is 0 Å². The molecule has 4 aromatic carbocycles. The molecule has 4 rings (SSSR count). The molecule has 0 bridgehead atoms. The van der Waals surface area contributed by atoms with Gasteiger partial charge in [0.05, 0.1) is 24.8 Å². The van der Waals surface area contributed by atoms with Gasteiger partial charge in [0.2, 0.25) is 11.8 Å². The van der Waals surface area contributed by atoms with Crippen molar-refractivity contribution in [2.24, 2.45) is 0 Å². The van der Waals surface area contributed by atoms with Crippen LogP contribution in [0.5, 0.6) is 11.5 Å². The van der Waals surface area contributed by atoms with E-state index in [-0.39, 0.29) is 23.8 Å². The van der Waals surface area contributed by atoms with Gasteiger partial charge in [0, 0.05) is 19.5 Å². The first kappa shape index (κ1) is 33.1. The molecule has 0 aliphatic carbocycles. The van der Waals surface area contributed by atoms with E-state index in [2.05, 4.69) is 5.32 Å². The van der Waals surface area contributed by atoms with Crippen LogP contribution in [0.4, 0.5) is 5.69 Å². The van der Waals surface area contributed by atoms with Crippen LogP contribution in [-0.2, 0) is 32.6 Å². The number of carbonyl (C=O) groups excluding carboxylic acids is 2. The molecule has 0 aliphatic heterocycles. The lowest BCUT2D eigenvalue weighted by atomic mass is 10.0. The standard InChI is InChI=1S/C35H39N3O6S/c1-5-36-35(40)33(23-27-10-7-6-8-11-27)37(24-28-12-9-13-31(22-28)44-4)34(39)25-38(29-16-14-26(2)15-17-29)45(41,42)32-20-18-30(43-3)19-21-32/h6-22,33H,5,23-25H2,1-4H3,(H,36,40). The summed E-state index contributed by atoms with van der Waals surface area (Å²) in [6, 6.07) is 28.7. The SMILES string of the molecule is CCNC(=O)C(Cc1ccccc1)N(Cc1cccc(OC)c1)C(=O)CN(c1ccc(C)cc1)S(=O)(=O)c1ccc(OC)cc1. The second-order valence-corrected chi connectivity index (χ2v) is 12.4. The molecule has 1 N–H and O–H groups in total. The molecule has 0 fully saturated rings. The van der Waals surface area contributed by atoms with Crippen molar-refractivity contribution in [1.82, 2.24) is 10.2 Å². The van der Waals surface area contributed by atoms with Gasteiger partial charge in [0.25, 0.3) is 10.0 Å². The highest BCUT2D eigenvalue weighted by Crippen LogP contribution is 2.27. The maximum atomic E-state index is 14.5. The topological polar surface area (TPSA) is 105 Å². The highest BCUT2D eigenvalue weighted by Gasteiger charge is 2.34. The average Bonchev–Trinajstić information content (AvgIpc) is 3.06. The Labute approximate surface area is 265 Å². The number of nitrogens with zero attached hydrogens (tertiary/aromatic N) is 2. The van der Waals surface area contributed by atoms with Gasteiger partial charge in [-0.15, -0.1) is 0 Å². The van der Waals surface area contributed by atoms with Crippen LogP contribution in [0.25, 0.3) is 0 Å². The van der Waals surface area contributed by atoms with Crippen molar-refractivity contribution in [1.29, 1.82) is 0 Å². The number of sulfonamides is 1. The number of hydrogen-bond donors (Lipinski definition) is 1. The molecule has 0 spiro atoms. The van der Waals surface area contributed by atoms with Crippen LogP contribution in [0.15, 0.2) is 108 Å². The molecule has 0 aromatic heterocycles. The van der Waals surface area contributed by atoms with Gasteiger partial charge in [-0.2, -0.15) is 0 Å². The number of aryl methyl sites for hydroxylation is 1. The van der Waals surface area contributed by atoms with Crippen molar-refractivity contribution in [3.8, 4) is 11.5 Å². The molecule has 45 heavy (non-hydrogen) atoms. The van der Waals surface area contributed by atoms with Crippen LogP contribution >= 0.6 is 0 Å². The van der Waals surface area contributed by atoms with E-state index < -0.39 is 28.5 Å². The number of benzene rings is 4. The smallest absolute Gasteiger partial charge is 0.264 e. The lowest BCUT2D eigenvalue weighted by Crippen LogP contribution is -2.53. The summed E-state index contributed by atoms with van der Waals surface area (Å²) >= 11 is 0. The first-order chi connectivity index (χ1) is 21.7. The quantitative estimate of drug-likeness (QED) is 0.211. The van der Waals surface area contributed by atoms with Crippen LogP contribution in [-0.4, -0.2) is 58.5 Å². The molecule has 0 radical (unpaired) electrons. The molecule has 4 aromatic rings. The van der Waals surface area contributed by atoms with Crippen LogP contribution in [0, 0.1) is 6.92 Å². The predicted molar refractivity (Wildman–Crippen MR) is 175 cm³/mol. The fourth-order valence-corrected chi connectivity index (χ4v) is 6.34. The van der Waals surface area contributed by atoms with E-state index in [1.807, 2.05) is 56.3 Å². The Morgan fingerprint density at radius 3 is 2.07 bits per heavy atom. The lowest BCUT2D eigenvalue weighted by molar-refractivity contribution is -0.140. The summed E-state index contributed by atoms with van der Waals surface area (Å²) in [5.74, 6) is 0.225. The third-order valence-corrected chi connectivity index (χ3v) is 9.15. The molecule has 0 saturated heterocycles. The van der Waals surface area contributed by atoms with E-state index in [0.717, 1.165) is 21.0 Å². The number of ether oxygens (including phenoxy) is 2. The summed E-state index contributed by atoms with van der Waals surface area (Å²) in [7, 11) is -1.16. The molecular weight excluding hydrogens is 590 g/mol. The summed E-state index contributed by atoms with van der Waals surface area (Å²) in [4.78, 5) is 29.5. The third-order valence-electron chi connectivity index (χ3n) is 7.36. The Morgan fingerprint density at radius 1 is 0.800 bits per heavy atom. The minimum Gasteiger partial charge on any atom is -0.497 e. The van der Waals surface area contributed by atoms with E-state index in [0.29, 0.717) is 23.7 Å². The maximum absolute atomic E-state index is 14.5. The minimum atomic E-state index is -4.21. The molecule has 0 heterocycles. The van der Waals surface area contributed by atoms with Crippen molar-refractivity contribution in [2.75, 3.05) is 31.6 Å². The van der Waals surface area contributed by atoms with E-state index in [1.54, 1.807) is 55.6 Å². The van der Waals surface area contributed by atoms with Crippen LogP contribution in [0.1, 0.15) is 23.6 Å². The zero-order valence-electron chi connectivity index (χ0n) is 26.0. The maximum Gasteiger partial charge on any atom is 0.264 e. The van der Waals surface area contributed by atoms with E-state index in [1.165, 1.54) is 24.1 Å². The molecule has 1 unspecified atom stereocenters. The summed E-state index contributed by atoms with van der Waals surface area (Å²) in [6.45, 7) is 3.59. The monoisotopic (exact) mass is 629 g/mol. The molecular formula is C35H39N3O6S. The number of nitrogens with one attached hydrogen (secondary N) is 1. The first-order valence-electron chi connectivity index (χ1n) is 14.6. The van der Waals surface area contributed by atoms with E-state index in [4.69, 9.17) is 9.47 Å². The zero-order chi connectivity index (χ0) is 32.4. The first-order valence-corrected chi connectivity index (χ1v) is 16.1. The number of anilines is 1. The molecule has 236 valence electrons. The van der Waals surface area contributed by atoms with Crippen molar-refractivity contribution < 1.29 is 27.5 Å². The largest absolute Gasteiger partial charge is 0.497 e. The van der Waals surface area contributed by atoms with Gasteiger partial charge in [0.1, 0.15) is 24.1 Å². The normalized spacial score (nSPS) is 11.7. The van der Waals surface area contributed by atoms with Crippen LogP contribution < -0.4 is 19.1 Å². The Balaban J connectivity index is 1.80. The van der Waals surface area contributed by atoms with Crippen LogP contribution in [0.2, 0.25) is 0 Å². The average molecular weight is 630 g/mol. The van der Waals surface area contributed by atoms with Crippen molar-refractivity contribution in [3.05, 3.63) is 120 Å². The number of likely N-dealkylation sites (N-methyl/N-ethyl adjacent to an activating group) is 1. The van der Waals surface area contributed by atoms with Gasteiger partial charge >= 0.3 is 0 Å². The molecule has 2 amide bonds. The summed E-state index contributed by atoms with van der Waals surface area (Å²) in [6.07, 6.45) is 0.234. The Kier molecular flexibility index (Phi) is 11.2. The molecule has 0 saturated carbocycles. The molecule has 0 aliphatic rings. The van der Waals surface area contributed by atoms with Crippen LogP contribution in [0.3, 0.4) is 0 Å². The fraction of sp³-hybridized carbons (Fsp3) is 0.257. The molecule has 9 nitrogen and oxygen atoms in total. The number of carbonyl (C=O) groups is 2. The third kappa shape index (κ3) is 8.42. The number of methoxy groups -OCH3 is 2. The number of amides is 2. The van der Waals surface area contributed by atoms with E-state index >= 15 is 0 Å². The Morgan fingerprint density at radius 2 is 1.44 bits per heavy atom. The number of rotatable bonds is 14. The van der Waals surface area contributed by atoms with Crippen molar-refractivity contribution in [3.63, 3.8) is 0 Å². The fourth-order valence-electron chi connectivity index (χ4n) is 4.93. The Hall–Kier alpha value is -4.83. The minimum absolute atomic E-state index is 0.000539. The second-order valence-electron chi connectivity index (χ2n) is 10.5. The van der Waals surface area contributed by atoms with Crippen molar-refractivity contribution in [2.45, 2.75) is 37.8 Å². The van der Waals surface area contributed by atoms with Crippen molar-refractivity contribution >= 4 is 27.5 Å². The van der Waals surface area contributed by atoms with Gasteiger partial charge in [-0.1, -0.05) is 60.2 Å². The molecule has 1 atom stereocenters. The van der Waals surface area contributed by atoms with Gasteiger partial charge in [-0.05, 0) is 73.5 Å². The van der Waals surface area contributed by atoms with Gasteiger partial charge in [-0.3, -0.25) is 13.9 Å². The van der Waals surface area contributed by atoms with E-state index in [9.17, 15) is 18.0 Å². The number of hydrogen-bond acceptors (Lipinski definition) is 6. The highest BCUT2D eigenvalue weighted by molar-refractivity contribution is 7.92. The predicted octanol–water partition coefficient (Wildman–Crippen LogP) is 4.98. The molecule has 10 heteroatoms. The summed E-state index contributed by atoms with van der Waals surface area (Å²) < 4.78 is 40.0. The summed E-state index contributed by atoms with van der Waals surface area (Å²) in [5.41, 5.74) is 2.85. The second kappa shape index (κ2) is 15.3. The van der Waals surface area contributed by atoms with Gasteiger partial charge in [-0.25, -0.2) is 8.42 Å². The summed E-state index contributed by atoms with van der Waals surface area (Å²) in [5, 5.41) is 2.87. The van der Waals surface area contributed by atoms with Gasteiger partial charge < -0.3 is 19.7 Å². The highest BCUT2D eigenvalue weighted by atomic mass is 32.2. The lowest BCUT2D eigenvalue weighted by Gasteiger charge is -2.34.